The molecule has 1 aromatic carbocycles. The van der Waals surface area contributed by atoms with E-state index in [1.807, 2.05) is 6.07 Å². The zero-order valence-corrected chi connectivity index (χ0v) is 14.9. The van der Waals surface area contributed by atoms with E-state index in [1.165, 1.54) is 6.92 Å². The standard InChI is InChI=1S/C16H22Cl2N2O3/c1-12(21)20(9-6-16(22)19-7-10-23-2)8-5-13-3-4-14(17)11-15(13)18/h3-4,11H,5-10H2,1-2H3,(H,19,22). The topological polar surface area (TPSA) is 58.6 Å². The van der Waals surface area contributed by atoms with E-state index in [2.05, 4.69) is 5.32 Å². The highest BCUT2D eigenvalue weighted by atomic mass is 35.5. The van der Waals surface area contributed by atoms with Gasteiger partial charge in [-0.15, -0.1) is 0 Å². The first kappa shape index (κ1) is 19.7. The Balaban J connectivity index is 2.46. The van der Waals surface area contributed by atoms with Crippen LogP contribution in [0.5, 0.6) is 0 Å². The highest BCUT2D eigenvalue weighted by Crippen LogP contribution is 2.21. The lowest BCUT2D eigenvalue weighted by Gasteiger charge is -2.21. The average molecular weight is 361 g/mol. The molecule has 23 heavy (non-hydrogen) atoms. The van der Waals surface area contributed by atoms with Gasteiger partial charge in [0, 0.05) is 50.1 Å². The fraction of sp³-hybridized carbons (Fsp3) is 0.500. The average Bonchev–Trinajstić information content (AvgIpc) is 2.48. The smallest absolute Gasteiger partial charge is 0.221 e. The number of ether oxygens (including phenoxy) is 1. The molecule has 0 unspecified atom stereocenters. The third-order valence-electron chi connectivity index (χ3n) is 3.35. The monoisotopic (exact) mass is 360 g/mol. The molecule has 0 saturated carbocycles. The van der Waals surface area contributed by atoms with Crippen LogP contribution in [0.4, 0.5) is 0 Å². The van der Waals surface area contributed by atoms with E-state index in [1.54, 1.807) is 24.1 Å². The van der Waals surface area contributed by atoms with E-state index in [-0.39, 0.29) is 18.2 Å². The Morgan fingerprint density at radius 2 is 2.00 bits per heavy atom. The molecule has 0 aliphatic carbocycles. The molecule has 1 rings (SSSR count). The van der Waals surface area contributed by atoms with Gasteiger partial charge in [-0.25, -0.2) is 0 Å². The first-order valence-electron chi connectivity index (χ1n) is 7.39. The first-order valence-corrected chi connectivity index (χ1v) is 8.14. The summed E-state index contributed by atoms with van der Waals surface area (Å²) < 4.78 is 4.86. The highest BCUT2D eigenvalue weighted by Gasteiger charge is 2.12. The van der Waals surface area contributed by atoms with E-state index in [9.17, 15) is 9.59 Å². The number of nitrogens with one attached hydrogen (secondary N) is 1. The SMILES string of the molecule is COCCNC(=O)CCN(CCc1ccc(Cl)cc1Cl)C(C)=O. The number of benzene rings is 1. The Morgan fingerprint density at radius 3 is 2.61 bits per heavy atom. The molecule has 0 spiro atoms. The van der Waals surface area contributed by atoms with E-state index >= 15 is 0 Å². The van der Waals surface area contributed by atoms with E-state index in [0.717, 1.165) is 5.56 Å². The second-order valence-corrected chi connectivity index (χ2v) is 5.93. The Kier molecular flexibility index (Phi) is 8.99. The summed E-state index contributed by atoms with van der Waals surface area (Å²) in [6, 6.07) is 5.30. The zero-order chi connectivity index (χ0) is 17.2. The van der Waals surface area contributed by atoms with Crippen molar-refractivity contribution in [2.45, 2.75) is 19.8 Å². The molecule has 0 bridgehead atoms. The second kappa shape index (κ2) is 10.5. The van der Waals surface area contributed by atoms with Crippen molar-refractivity contribution >= 4 is 35.0 Å². The van der Waals surface area contributed by atoms with Gasteiger partial charge in [0.2, 0.25) is 11.8 Å². The minimum atomic E-state index is -0.0992. The van der Waals surface area contributed by atoms with Crippen LogP contribution >= 0.6 is 23.2 Å². The highest BCUT2D eigenvalue weighted by molar-refractivity contribution is 6.35. The van der Waals surface area contributed by atoms with Crippen molar-refractivity contribution in [3.63, 3.8) is 0 Å². The number of carbonyl (C=O) groups is 2. The number of nitrogens with zero attached hydrogens (tertiary/aromatic N) is 1. The molecule has 0 saturated heterocycles. The third-order valence-corrected chi connectivity index (χ3v) is 3.94. The lowest BCUT2D eigenvalue weighted by atomic mass is 10.1. The summed E-state index contributed by atoms with van der Waals surface area (Å²) in [4.78, 5) is 25.0. The van der Waals surface area contributed by atoms with Gasteiger partial charge in [-0.3, -0.25) is 9.59 Å². The van der Waals surface area contributed by atoms with Crippen LogP contribution in [0.3, 0.4) is 0 Å². The number of hydrogen-bond acceptors (Lipinski definition) is 3. The molecule has 0 fully saturated rings. The van der Waals surface area contributed by atoms with Crippen molar-refractivity contribution in [1.29, 1.82) is 0 Å². The van der Waals surface area contributed by atoms with Crippen molar-refractivity contribution < 1.29 is 14.3 Å². The second-order valence-electron chi connectivity index (χ2n) is 5.08. The summed E-state index contributed by atoms with van der Waals surface area (Å²) in [7, 11) is 1.57. The molecule has 0 aliphatic heterocycles. The van der Waals surface area contributed by atoms with Crippen LogP contribution < -0.4 is 5.32 Å². The van der Waals surface area contributed by atoms with Gasteiger partial charge in [0.05, 0.1) is 6.61 Å². The van der Waals surface area contributed by atoms with Gasteiger partial charge < -0.3 is 15.0 Å². The third kappa shape index (κ3) is 7.68. The molecule has 0 radical (unpaired) electrons. The lowest BCUT2D eigenvalue weighted by Crippen LogP contribution is -2.36. The van der Waals surface area contributed by atoms with Gasteiger partial charge in [-0.1, -0.05) is 29.3 Å². The van der Waals surface area contributed by atoms with Gasteiger partial charge in [0.1, 0.15) is 0 Å². The maximum absolute atomic E-state index is 11.7. The molecular weight excluding hydrogens is 339 g/mol. The van der Waals surface area contributed by atoms with Crippen molar-refractivity contribution in [1.82, 2.24) is 10.2 Å². The fourth-order valence-electron chi connectivity index (χ4n) is 2.02. The molecular formula is C16H22Cl2N2O3. The van der Waals surface area contributed by atoms with Gasteiger partial charge in [0.15, 0.2) is 0 Å². The largest absolute Gasteiger partial charge is 0.383 e. The predicted octanol–water partition coefficient (Wildman–Crippen LogP) is 2.54. The van der Waals surface area contributed by atoms with Crippen LogP contribution in [0.2, 0.25) is 10.0 Å². The lowest BCUT2D eigenvalue weighted by molar-refractivity contribution is -0.129. The van der Waals surface area contributed by atoms with E-state index in [4.69, 9.17) is 27.9 Å². The van der Waals surface area contributed by atoms with Crippen LogP contribution in [0.25, 0.3) is 0 Å². The van der Waals surface area contributed by atoms with Crippen LogP contribution in [0, 0.1) is 0 Å². The van der Waals surface area contributed by atoms with Crippen LogP contribution in [-0.4, -0.2) is 50.1 Å². The van der Waals surface area contributed by atoms with Crippen LogP contribution in [0.15, 0.2) is 18.2 Å². The summed E-state index contributed by atoms with van der Waals surface area (Å²) in [6.07, 6.45) is 0.874. The molecule has 2 amide bonds. The number of amides is 2. The number of carbonyl (C=O) groups excluding carboxylic acids is 2. The molecule has 0 heterocycles. The molecule has 0 atom stereocenters. The Morgan fingerprint density at radius 1 is 1.26 bits per heavy atom. The van der Waals surface area contributed by atoms with Crippen molar-refractivity contribution in [2.75, 3.05) is 33.4 Å². The first-order chi connectivity index (χ1) is 10.9. The van der Waals surface area contributed by atoms with Gasteiger partial charge in [-0.05, 0) is 24.1 Å². The zero-order valence-electron chi connectivity index (χ0n) is 13.4. The molecule has 0 aliphatic rings. The quantitative estimate of drug-likeness (QED) is 0.688. The van der Waals surface area contributed by atoms with Crippen molar-refractivity contribution in [2.24, 2.45) is 0 Å². The molecule has 0 aromatic heterocycles. The number of hydrogen-bond donors (Lipinski definition) is 1. The van der Waals surface area contributed by atoms with Crippen molar-refractivity contribution in [3.05, 3.63) is 33.8 Å². The van der Waals surface area contributed by atoms with Gasteiger partial charge in [-0.2, -0.15) is 0 Å². The van der Waals surface area contributed by atoms with E-state index < -0.39 is 0 Å². The minimum Gasteiger partial charge on any atom is -0.383 e. The van der Waals surface area contributed by atoms with Crippen LogP contribution in [0.1, 0.15) is 18.9 Å². The Hall–Kier alpha value is -1.30. The van der Waals surface area contributed by atoms with Crippen molar-refractivity contribution in [3.8, 4) is 0 Å². The van der Waals surface area contributed by atoms with E-state index in [0.29, 0.717) is 42.7 Å². The molecule has 1 aromatic rings. The number of halogens is 2. The molecule has 5 nitrogen and oxygen atoms in total. The number of rotatable bonds is 9. The van der Waals surface area contributed by atoms with Gasteiger partial charge >= 0.3 is 0 Å². The molecule has 1 N–H and O–H groups in total. The summed E-state index contributed by atoms with van der Waals surface area (Å²) in [5.41, 5.74) is 0.923. The van der Waals surface area contributed by atoms with Gasteiger partial charge in [0.25, 0.3) is 0 Å². The summed E-state index contributed by atoms with van der Waals surface area (Å²) in [5.74, 6) is -0.169. The maximum atomic E-state index is 11.7. The molecule has 7 heteroatoms. The normalized spacial score (nSPS) is 10.4. The fourth-order valence-corrected chi connectivity index (χ4v) is 2.53. The number of methoxy groups -OCH3 is 1. The Bertz CT molecular complexity index is 538. The maximum Gasteiger partial charge on any atom is 0.221 e. The minimum absolute atomic E-state index is 0.0697. The van der Waals surface area contributed by atoms with Crippen LogP contribution in [-0.2, 0) is 20.7 Å². The molecule has 128 valence electrons. The predicted molar refractivity (Wildman–Crippen MR) is 91.9 cm³/mol. The summed E-state index contributed by atoms with van der Waals surface area (Å²) in [6.45, 7) is 3.31. The summed E-state index contributed by atoms with van der Waals surface area (Å²) in [5, 5.41) is 3.89. The summed E-state index contributed by atoms with van der Waals surface area (Å²) >= 11 is 12.0. The Labute approximate surface area is 146 Å².